The standard InChI is InChI=1S/C11H11ClN2O/c12-9-3-1-2-8-4-6-14(11(8)9)7-5-10(13)15/h1-4,6H,5,7H2,(H2,13,15). The Kier molecular flexibility index (Phi) is 2.64. The molecule has 78 valence electrons. The number of fused-ring (bicyclic) bond motifs is 1. The summed E-state index contributed by atoms with van der Waals surface area (Å²) in [6.07, 6.45) is 2.24. The Bertz CT molecular complexity index is 504. The van der Waals surface area contributed by atoms with Crippen LogP contribution in [0.25, 0.3) is 10.9 Å². The molecule has 0 aliphatic carbocycles. The molecule has 15 heavy (non-hydrogen) atoms. The fourth-order valence-electron chi connectivity index (χ4n) is 1.63. The Morgan fingerprint density at radius 2 is 2.20 bits per heavy atom. The monoisotopic (exact) mass is 222 g/mol. The van der Waals surface area contributed by atoms with Gasteiger partial charge >= 0.3 is 0 Å². The molecule has 0 bridgehead atoms. The molecule has 1 aromatic heterocycles. The number of benzene rings is 1. The van der Waals surface area contributed by atoms with Gasteiger partial charge in [-0.1, -0.05) is 23.7 Å². The highest BCUT2D eigenvalue weighted by atomic mass is 35.5. The molecule has 0 spiro atoms. The number of carbonyl (C=O) groups is 1. The molecule has 0 radical (unpaired) electrons. The third-order valence-corrected chi connectivity index (χ3v) is 2.64. The fraction of sp³-hybridized carbons (Fsp3) is 0.182. The van der Waals surface area contributed by atoms with Crippen molar-refractivity contribution in [3.8, 4) is 0 Å². The van der Waals surface area contributed by atoms with Crippen molar-refractivity contribution < 1.29 is 4.79 Å². The molecule has 0 saturated carbocycles. The van der Waals surface area contributed by atoms with Crippen LogP contribution in [0.2, 0.25) is 5.02 Å². The summed E-state index contributed by atoms with van der Waals surface area (Å²) in [5.41, 5.74) is 6.06. The average molecular weight is 223 g/mol. The van der Waals surface area contributed by atoms with Gasteiger partial charge in [-0.15, -0.1) is 0 Å². The van der Waals surface area contributed by atoms with Crippen LogP contribution in [0.4, 0.5) is 0 Å². The van der Waals surface area contributed by atoms with Crippen LogP contribution in [0.15, 0.2) is 30.5 Å². The molecular formula is C11H11ClN2O. The zero-order valence-electron chi connectivity index (χ0n) is 8.11. The van der Waals surface area contributed by atoms with Gasteiger partial charge in [-0.25, -0.2) is 0 Å². The number of para-hydroxylation sites is 1. The first-order valence-corrected chi connectivity index (χ1v) is 5.08. The number of primary amides is 1. The Morgan fingerprint density at radius 3 is 2.93 bits per heavy atom. The van der Waals surface area contributed by atoms with Crippen molar-refractivity contribution in [2.24, 2.45) is 5.73 Å². The summed E-state index contributed by atoms with van der Waals surface area (Å²) in [6.45, 7) is 0.572. The largest absolute Gasteiger partial charge is 0.370 e. The summed E-state index contributed by atoms with van der Waals surface area (Å²) in [6, 6.07) is 7.71. The molecule has 1 aromatic carbocycles. The van der Waals surface area contributed by atoms with Crippen molar-refractivity contribution in [1.29, 1.82) is 0 Å². The van der Waals surface area contributed by atoms with E-state index in [1.165, 1.54) is 0 Å². The first-order chi connectivity index (χ1) is 7.18. The number of carbonyl (C=O) groups excluding carboxylic acids is 1. The fourth-order valence-corrected chi connectivity index (χ4v) is 1.92. The van der Waals surface area contributed by atoms with E-state index >= 15 is 0 Å². The van der Waals surface area contributed by atoms with Crippen LogP contribution in [0.1, 0.15) is 6.42 Å². The van der Waals surface area contributed by atoms with Crippen LogP contribution in [0.5, 0.6) is 0 Å². The van der Waals surface area contributed by atoms with Crippen LogP contribution in [0.3, 0.4) is 0 Å². The topological polar surface area (TPSA) is 48.0 Å². The first kappa shape index (κ1) is 10.1. The quantitative estimate of drug-likeness (QED) is 0.850. The number of aryl methyl sites for hydroxylation is 1. The number of nitrogens with zero attached hydrogens (tertiary/aromatic N) is 1. The van der Waals surface area contributed by atoms with Gasteiger partial charge in [-0.2, -0.15) is 0 Å². The lowest BCUT2D eigenvalue weighted by atomic mass is 10.2. The number of amides is 1. The summed E-state index contributed by atoms with van der Waals surface area (Å²) in [7, 11) is 0. The van der Waals surface area contributed by atoms with Gasteiger partial charge in [-0.3, -0.25) is 4.79 Å². The highest BCUT2D eigenvalue weighted by molar-refractivity contribution is 6.35. The molecule has 0 atom stereocenters. The second kappa shape index (κ2) is 3.95. The molecule has 0 aliphatic heterocycles. The normalized spacial score (nSPS) is 10.7. The summed E-state index contributed by atoms with van der Waals surface area (Å²) in [4.78, 5) is 10.7. The molecule has 2 rings (SSSR count). The van der Waals surface area contributed by atoms with Crippen molar-refractivity contribution in [1.82, 2.24) is 4.57 Å². The van der Waals surface area contributed by atoms with Crippen molar-refractivity contribution in [3.63, 3.8) is 0 Å². The molecule has 0 fully saturated rings. The van der Waals surface area contributed by atoms with E-state index in [1.807, 2.05) is 35.0 Å². The Balaban J connectivity index is 2.39. The SMILES string of the molecule is NC(=O)CCn1ccc2cccc(Cl)c21. The van der Waals surface area contributed by atoms with Crippen molar-refractivity contribution in [3.05, 3.63) is 35.5 Å². The highest BCUT2D eigenvalue weighted by Gasteiger charge is 2.05. The maximum atomic E-state index is 10.7. The van der Waals surface area contributed by atoms with Gasteiger partial charge < -0.3 is 10.3 Å². The second-order valence-electron chi connectivity index (χ2n) is 3.40. The van der Waals surface area contributed by atoms with E-state index < -0.39 is 0 Å². The predicted octanol–water partition coefficient (Wildman–Crippen LogP) is 2.17. The minimum atomic E-state index is -0.302. The van der Waals surface area contributed by atoms with Crippen LogP contribution in [-0.2, 0) is 11.3 Å². The average Bonchev–Trinajstić information content (AvgIpc) is 2.59. The van der Waals surface area contributed by atoms with Crippen LogP contribution >= 0.6 is 11.6 Å². The molecule has 4 heteroatoms. The number of nitrogens with two attached hydrogens (primary N) is 1. The lowest BCUT2D eigenvalue weighted by Gasteiger charge is -2.04. The van der Waals surface area contributed by atoms with Crippen molar-refractivity contribution in [2.45, 2.75) is 13.0 Å². The van der Waals surface area contributed by atoms with E-state index in [9.17, 15) is 4.79 Å². The van der Waals surface area contributed by atoms with Crippen LogP contribution in [-0.4, -0.2) is 10.5 Å². The van der Waals surface area contributed by atoms with E-state index in [0.29, 0.717) is 18.0 Å². The van der Waals surface area contributed by atoms with Crippen molar-refractivity contribution >= 4 is 28.4 Å². The summed E-state index contributed by atoms with van der Waals surface area (Å²) >= 11 is 6.08. The molecule has 2 N–H and O–H groups in total. The van der Waals surface area contributed by atoms with Gasteiger partial charge in [-0.05, 0) is 12.1 Å². The second-order valence-corrected chi connectivity index (χ2v) is 3.81. The van der Waals surface area contributed by atoms with Crippen LogP contribution in [0, 0.1) is 0 Å². The van der Waals surface area contributed by atoms with Gasteiger partial charge in [0, 0.05) is 24.5 Å². The van der Waals surface area contributed by atoms with Crippen molar-refractivity contribution in [2.75, 3.05) is 0 Å². The molecule has 2 aromatic rings. The predicted molar refractivity (Wildman–Crippen MR) is 60.8 cm³/mol. The maximum absolute atomic E-state index is 10.7. The minimum absolute atomic E-state index is 0.302. The first-order valence-electron chi connectivity index (χ1n) is 4.70. The van der Waals surface area contributed by atoms with Gasteiger partial charge in [0.15, 0.2) is 0 Å². The Morgan fingerprint density at radius 1 is 1.40 bits per heavy atom. The van der Waals surface area contributed by atoms with Gasteiger partial charge in [0.2, 0.25) is 5.91 Å². The number of hydrogen-bond donors (Lipinski definition) is 1. The van der Waals surface area contributed by atoms with Gasteiger partial charge in [0.1, 0.15) is 0 Å². The van der Waals surface area contributed by atoms with Crippen LogP contribution < -0.4 is 5.73 Å². The van der Waals surface area contributed by atoms with E-state index in [4.69, 9.17) is 17.3 Å². The maximum Gasteiger partial charge on any atom is 0.219 e. The number of hydrogen-bond acceptors (Lipinski definition) is 1. The zero-order chi connectivity index (χ0) is 10.8. The number of aromatic nitrogens is 1. The summed E-state index contributed by atoms with van der Waals surface area (Å²) < 4.78 is 1.95. The number of halogens is 1. The Hall–Kier alpha value is -1.48. The lowest BCUT2D eigenvalue weighted by molar-refractivity contribution is -0.118. The molecule has 0 unspecified atom stereocenters. The molecule has 3 nitrogen and oxygen atoms in total. The van der Waals surface area contributed by atoms with E-state index in [2.05, 4.69) is 0 Å². The smallest absolute Gasteiger partial charge is 0.219 e. The minimum Gasteiger partial charge on any atom is -0.370 e. The lowest BCUT2D eigenvalue weighted by Crippen LogP contribution is -2.13. The molecule has 0 aliphatic rings. The molecule has 1 heterocycles. The zero-order valence-corrected chi connectivity index (χ0v) is 8.87. The third-order valence-electron chi connectivity index (χ3n) is 2.34. The van der Waals surface area contributed by atoms with E-state index in [-0.39, 0.29) is 5.91 Å². The summed E-state index contributed by atoms with van der Waals surface area (Å²) in [5, 5.41) is 1.77. The van der Waals surface area contributed by atoms with E-state index in [1.54, 1.807) is 0 Å². The third kappa shape index (κ3) is 1.97. The number of rotatable bonds is 3. The molecular weight excluding hydrogens is 212 g/mol. The summed E-state index contributed by atoms with van der Waals surface area (Å²) in [5.74, 6) is -0.302. The molecule has 1 amide bonds. The van der Waals surface area contributed by atoms with Gasteiger partial charge in [0.25, 0.3) is 0 Å². The molecule has 0 saturated heterocycles. The highest BCUT2D eigenvalue weighted by Crippen LogP contribution is 2.24. The van der Waals surface area contributed by atoms with Gasteiger partial charge in [0.05, 0.1) is 10.5 Å². The Labute approximate surface area is 92.4 Å². The van der Waals surface area contributed by atoms with E-state index in [0.717, 1.165) is 10.9 Å².